The fourth-order valence-electron chi connectivity index (χ4n) is 2.38. The summed E-state index contributed by atoms with van der Waals surface area (Å²) in [6.45, 7) is 4.15. The number of fused-ring (bicyclic) bond motifs is 1. The highest BCUT2D eigenvalue weighted by Crippen LogP contribution is 2.16. The van der Waals surface area contributed by atoms with E-state index < -0.39 is 6.10 Å². The van der Waals surface area contributed by atoms with Gasteiger partial charge in [-0.25, -0.2) is 4.98 Å². The minimum atomic E-state index is -0.612. The molecule has 0 unspecified atom stereocenters. The van der Waals surface area contributed by atoms with Crippen molar-refractivity contribution < 1.29 is 9.63 Å². The molecule has 0 fully saturated rings. The SMILES string of the molecule is CC(C)C1=NO[C@H](C(=O)NCc2nc3ccccc3c(=O)[nH]2)C1. The van der Waals surface area contributed by atoms with Crippen molar-refractivity contribution in [3.8, 4) is 0 Å². The minimum absolute atomic E-state index is 0.135. The summed E-state index contributed by atoms with van der Waals surface area (Å²) in [6.07, 6.45) is -0.120. The first-order chi connectivity index (χ1) is 11.0. The van der Waals surface area contributed by atoms with Crippen LogP contribution >= 0.6 is 0 Å². The van der Waals surface area contributed by atoms with Crippen LogP contribution in [0.5, 0.6) is 0 Å². The second kappa shape index (κ2) is 6.20. The Hall–Kier alpha value is -2.70. The van der Waals surface area contributed by atoms with Gasteiger partial charge >= 0.3 is 0 Å². The smallest absolute Gasteiger partial charge is 0.264 e. The molecule has 1 aromatic heterocycles. The number of hydrogen-bond donors (Lipinski definition) is 2. The van der Waals surface area contributed by atoms with Gasteiger partial charge in [-0.3, -0.25) is 9.59 Å². The number of aromatic nitrogens is 2. The Morgan fingerprint density at radius 3 is 2.96 bits per heavy atom. The van der Waals surface area contributed by atoms with Crippen LogP contribution in [0.15, 0.2) is 34.2 Å². The Labute approximate surface area is 132 Å². The highest BCUT2D eigenvalue weighted by atomic mass is 16.6. The standard InChI is InChI=1S/C16H18N4O3/c1-9(2)12-7-13(23-20-12)16(22)17-8-14-18-11-6-4-3-5-10(11)15(21)19-14/h3-6,9,13H,7-8H2,1-2H3,(H,17,22)(H,18,19,21)/t13-/m0/s1. The van der Waals surface area contributed by atoms with Crippen molar-refractivity contribution in [2.75, 3.05) is 0 Å². The first-order valence-corrected chi connectivity index (χ1v) is 7.53. The van der Waals surface area contributed by atoms with Crippen molar-refractivity contribution in [1.29, 1.82) is 0 Å². The summed E-state index contributed by atoms with van der Waals surface area (Å²) in [5.41, 5.74) is 1.26. The maximum atomic E-state index is 12.1. The lowest BCUT2D eigenvalue weighted by atomic mass is 10.0. The van der Waals surface area contributed by atoms with E-state index in [1.165, 1.54) is 0 Å². The number of nitrogens with one attached hydrogen (secondary N) is 2. The average molecular weight is 314 g/mol. The third-order valence-electron chi connectivity index (χ3n) is 3.74. The maximum Gasteiger partial charge on any atom is 0.264 e. The lowest BCUT2D eigenvalue weighted by Crippen LogP contribution is -2.35. The molecule has 1 aromatic carbocycles. The monoisotopic (exact) mass is 314 g/mol. The van der Waals surface area contributed by atoms with Gasteiger partial charge in [-0.1, -0.05) is 31.1 Å². The first kappa shape index (κ1) is 15.2. The van der Waals surface area contributed by atoms with Gasteiger partial charge in [-0.2, -0.15) is 0 Å². The summed E-state index contributed by atoms with van der Waals surface area (Å²) in [6, 6.07) is 7.07. The van der Waals surface area contributed by atoms with Gasteiger partial charge in [0.2, 0.25) is 6.10 Å². The van der Waals surface area contributed by atoms with E-state index in [-0.39, 0.29) is 23.9 Å². The van der Waals surface area contributed by atoms with Crippen molar-refractivity contribution in [3.63, 3.8) is 0 Å². The second-order valence-corrected chi connectivity index (χ2v) is 5.78. The molecule has 0 radical (unpaired) electrons. The molecule has 2 aromatic rings. The lowest BCUT2D eigenvalue weighted by molar-refractivity contribution is -0.131. The number of H-pyrrole nitrogens is 1. The minimum Gasteiger partial charge on any atom is -0.382 e. The number of amides is 1. The van der Waals surface area contributed by atoms with Crippen LogP contribution in [0.2, 0.25) is 0 Å². The normalized spacial score (nSPS) is 17.2. The summed E-state index contributed by atoms with van der Waals surface area (Å²) in [4.78, 5) is 36.2. The molecule has 1 aliphatic rings. The Kier molecular flexibility index (Phi) is 4.10. The van der Waals surface area contributed by atoms with Gasteiger partial charge in [0.25, 0.3) is 11.5 Å². The highest BCUT2D eigenvalue weighted by Gasteiger charge is 2.29. The quantitative estimate of drug-likeness (QED) is 0.890. The molecule has 120 valence electrons. The van der Waals surface area contributed by atoms with Crippen LogP contribution in [0.4, 0.5) is 0 Å². The van der Waals surface area contributed by atoms with Crippen LogP contribution in [0.25, 0.3) is 10.9 Å². The van der Waals surface area contributed by atoms with Crippen LogP contribution < -0.4 is 10.9 Å². The van der Waals surface area contributed by atoms with E-state index in [0.29, 0.717) is 23.1 Å². The Morgan fingerprint density at radius 2 is 2.22 bits per heavy atom. The molecule has 23 heavy (non-hydrogen) atoms. The van der Waals surface area contributed by atoms with Crippen molar-refractivity contribution in [1.82, 2.24) is 15.3 Å². The third kappa shape index (κ3) is 3.23. The highest BCUT2D eigenvalue weighted by molar-refractivity contribution is 5.93. The summed E-state index contributed by atoms with van der Waals surface area (Å²) in [5.74, 6) is 0.400. The molecule has 1 amide bonds. The first-order valence-electron chi connectivity index (χ1n) is 7.53. The van der Waals surface area contributed by atoms with Crippen molar-refractivity contribution in [3.05, 3.63) is 40.4 Å². The predicted molar refractivity (Wildman–Crippen MR) is 86.0 cm³/mol. The summed E-state index contributed by atoms with van der Waals surface area (Å²) in [7, 11) is 0. The van der Waals surface area contributed by atoms with Gasteiger partial charge < -0.3 is 15.1 Å². The van der Waals surface area contributed by atoms with E-state index in [0.717, 1.165) is 5.71 Å². The third-order valence-corrected chi connectivity index (χ3v) is 3.74. The molecule has 3 rings (SSSR count). The second-order valence-electron chi connectivity index (χ2n) is 5.78. The Bertz CT molecular complexity index is 825. The number of para-hydroxylation sites is 1. The van der Waals surface area contributed by atoms with E-state index >= 15 is 0 Å². The number of oxime groups is 1. The van der Waals surface area contributed by atoms with Gasteiger partial charge in [-0.15, -0.1) is 0 Å². The van der Waals surface area contributed by atoms with Crippen molar-refractivity contribution in [2.24, 2.45) is 11.1 Å². The van der Waals surface area contributed by atoms with E-state index in [2.05, 4.69) is 20.4 Å². The van der Waals surface area contributed by atoms with Gasteiger partial charge in [0, 0.05) is 6.42 Å². The molecule has 2 N–H and O–H groups in total. The molecule has 7 heteroatoms. The van der Waals surface area contributed by atoms with E-state index in [4.69, 9.17) is 4.84 Å². The Balaban J connectivity index is 1.65. The van der Waals surface area contributed by atoms with Gasteiger partial charge in [0.1, 0.15) is 5.82 Å². The molecule has 1 atom stereocenters. The fourth-order valence-corrected chi connectivity index (χ4v) is 2.38. The predicted octanol–water partition coefficient (Wildman–Crippen LogP) is 1.34. The fraction of sp³-hybridized carbons (Fsp3) is 0.375. The molecule has 0 aliphatic carbocycles. The number of rotatable bonds is 4. The van der Waals surface area contributed by atoms with E-state index in [9.17, 15) is 9.59 Å². The summed E-state index contributed by atoms with van der Waals surface area (Å²) in [5, 5.41) is 7.18. The average Bonchev–Trinajstić information content (AvgIpc) is 3.03. The number of hydrogen-bond acceptors (Lipinski definition) is 5. The van der Waals surface area contributed by atoms with Crippen molar-refractivity contribution in [2.45, 2.75) is 32.9 Å². The molecule has 0 spiro atoms. The molecule has 2 heterocycles. The van der Waals surface area contributed by atoms with Crippen LogP contribution in [0.1, 0.15) is 26.1 Å². The number of carbonyl (C=O) groups excluding carboxylic acids is 1. The number of aromatic amines is 1. The van der Waals surface area contributed by atoms with E-state index in [1.54, 1.807) is 18.2 Å². The Morgan fingerprint density at radius 1 is 1.43 bits per heavy atom. The molecule has 7 nitrogen and oxygen atoms in total. The van der Waals surface area contributed by atoms with Crippen LogP contribution in [0.3, 0.4) is 0 Å². The van der Waals surface area contributed by atoms with Gasteiger partial charge in [0.15, 0.2) is 0 Å². The zero-order chi connectivity index (χ0) is 16.4. The van der Waals surface area contributed by atoms with Gasteiger partial charge in [-0.05, 0) is 18.1 Å². The topological polar surface area (TPSA) is 96.4 Å². The van der Waals surface area contributed by atoms with Crippen LogP contribution in [0, 0.1) is 5.92 Å². The zero-order valence-corrected chi connectivity index (χ0v) is 13.0. The number of benzene rings is 1. The molecular formula is C16H18N4O3. The van der Waals surface area contributed by atoms with E-state index in [1.807, 2.05) is 19.9 Å². The summed E-state index contributed by atoms with van der Waals surface area (Å²) >= 11 is 0. The number of carbonyl (C=O) groups is 1. The largest absolute Gasteiger partial charge is 0.382 e. The molecule has 0 saturated carbocycles. The summed E-state index contributed by atoms with van der Waals surface area (Å²) < 4.78 is 0. The maximum absolute atomic E-state index is 12.1. The molecule has 1 aliphatic heterocycles. The zero-order valence-electron chi connectivity index (χ0n) is 13.0. The van der Waals surface area contributed by atoms with Crippen LogP contribution in [-0.2, 0) is 16.2 Å². The van der Waals surface area contributed by atoms with Gasteiger partial charge in [0.05, 0.1) is 23.2 Å². The van der Waals surface area contributed by atoms with Crippen LogP contribution in [-0.4, -0.2) is 27.7 Å². The molecule has 0 saturated heterocycles. The molecular weight excluding hydrogens is 296 g/mol. The lowest BCUT2D eigenvalue weighted by Gasteiger charge is -2.09. The molecule has 0 bridgehead atoms. The van der Waals surface area contributed by atoms with Crippen molar-refractivity contribution >= 4 is 22.5 Å². The number of nitrogens with zero attached hydrogens (tertiary/aromatic N) is 2.